The number of nitrogens with zero attached hydrogens (tertiary/aromatic N) is 4. The lowest BCUT2D eigenvalue weighted by molar-refractivity contribution is 0.201. The molecule has 0 aliphatic carbocycles. The Morgan fingerprint density at radius 3 is 2.50 bits per heavy atom. The van der Waals surface area contributed by atoms with Crippen LogP contribution in [0.15, 0.2) is 48.7 Å². The second-order valence-electron chi connectivity index (χ2n) is 4.74. The highest BCUT2D eigenvalue weighted by molar-refractivity contribution is 5.34. The SMILES string of the molecule is Cc1cc(C(O)c2ccnn2-c2ccccc2)n(C)n1. The Balaban J connectivity index is 2.04. The molecule has 3 rings (SSSR count). The molecule has 0 radical (unpaired) electrons. The van der Waals surface area contributed by atoms with Crippen molar-refractivity contribution in [2.24, 2.45) is 7.05 Å². The van der Waals surface area contributed by atoms with Gasteiger partial charge in [-0.2, -0.15) is 10.2 Å². The third kappa shape index (κ3) is 2.12. The van der Waals surface area contributed by atoms with E-state index >= 15 is 0 Å². The van der Waals surface area contributed by atoms with Crippen molar-refractivity contribution in [1.29, 1.82) is 0 Å². The molecule has 0 aliphatic heterocycles. The van der Waals surface area contributed by atoms with Crippen molar-refractivity contribution in [2.75, 3.05) is 0 Å². The zero-order valence-corrected chi connectivity index (χ0v) is 11.4. The number of aryl methyl sites for hydroxylation is 2. The number of hydrogen-bond donors (Lipinski definition) is 1. The molecule has 102 valence electrons. The fraction of sp³-hybridized carbons (Fsp3) is 0.200. The first-order valence-corrected chi connectivity index (χ1v) is 6.45. The summed E-state index contributed by atoms with van der Waals surface area (Å²) in [6.07, 6.45) is 0.929. The van der Waals surface area contributed by atoms with Crippen LogP contribution in [0.5, 0.6) is 0 Å². The molecular formula is C15H16N4O. The van der Waals surface area contributed by atoms with Gasteiger partial charge in [0.25, 0.3) is 0 Å². The maximum Gasteiger partial charge on any atom is 0.138 e. The van der Waals surface area contributed by atoms with E-state index in [-0.39, 0.29) is 0 Å². The van der Waals surface area contributed by atoms with Crippen molar-refractivity contribution in [3.63, 3.8) is 0 Å². The molecule has 2 heterocycles. The number of para-hydroxylation sites is 1. The molecule has 0 bridgehead atoms. The molecule has 1 aromatic carbocycles. The lowest BCUT2D eigenvalue weighted by Crippen LogP contribution is -2.11. The van der Waals surface area contributed by atoms with Crippen LogP contribution in [0.4, 0.5) is 0 Å². The Kier molecular flexibility index (Phi) is 3.12. The van der Waals surface area contributed by atoms with Gasteiger partial charge in [-0.3, -0.25) is 4.68 Å². The molecule has 2 aromatic heterocycles. The van der Waals surface area contributed by atoms with Crippen molar-refractivity contribution >= 4 is 0 Å². The average molecular weight is 268 g/mol. The number of aliphatic hydroxyl groups is 1. The molecule has 0 fully saturated rings. The summed E-state index contributed by atoms with van der Waals surface area (Å²) in [6.45, 7) is 1.91. The van der Waals surface area contributed by atoms with Crippen molar-refractivity contribution in [3.8, 4) is 5.69 Å². The topological polar surface area (TPSA) is 55.9 Å². The summed E-state index contributed by atoms with van der Waals surface area (Å²) >= 11 is 0. The minimum absolute atomic E-state index is 0.721. The fourth-order valence-corrected chi connectivity index (χ4v) is 2.34. The zero-order valence-electron chi connectivity index (χ0n) is 11.4. The molecule has 0 spiro atoms. The van der Waals surface area contributed by atoms with Crippen LogP contribution >= 0.6 is 0 Å². The van der Waals surface area contributed by atoms with E-state index in [2.05, 4.69) is 10.2 Å². The van der Waals surface area contributed by atoms with Gasteiger partial charge in [0.05, 0.1) is 22.8 Å². The Morgan fingerprint density at radius 1 is 1.10 bits per heavy atom. The minimum atomic E-state index is -0.760. The quantitative estimate of drug-likeness (QED) is 0.790. The van der Waals surface area contributed by atoms with Crippen LogP contribution < -0.4 is 0 Å². The summed E-state index contributed by atoms with van der Waals surface area (Å²) in [6, 6.07) is 13.5. The van der Waals surface area contributed by atoms with Gasteiger partial charge in [0.15, 0.2) is 0 Å². The van der Waals surface area contributed by atoms with Gasteiger partial charge in [-0.05, 0) is 31.2 Å². The van der Waals surface area contributed by atoms with Crippen LogP contribution in [0.25, 0.3) is 5.69 Å². The molecule has 1 N–H and O–H groups in total. The smallest absolute Gasteiger partial charge is 0.138 e. The molecule has 5 nitrogen and oxygen atoms in total. The summed E-state index contributed by atoms with van der Waals surface area (Å²) in [7, 11) is 1.83. The van der Waals surface area contributed by atoms with E-state index in [1.165, 1.54) is 0 Å². The Bertz CT molecular complexity index is 715. The number of aliphatic hydroxyl groups excluding tert-OH is 1. The number of aromatic nitrogens is 4. The van der Waals surface area contributed by atoms with E-state index < -0.39 is 6.10 Å². The standard InChI is InChI=1S/C15H16N4O/c1-11-10-14(18(2)17-11)15(20)13-8-9-16-19(13)12-6-4-3-5-7-12/h3-10,15,20H,1-2H3. The maximum atomic E-state index is 10.6. The van der Waals surface area contributed by atoms with Crippen molar-refractivity contribution in [1.82, 2.24) is 19.6 Å². The summed E-state index contributed by atoms with van der Waals surface area (Å²) in [4.78, 5) is 0. The highest BCUT2D eigenvalue weighted by Crippen LogP contribution is 2.24. The normalized spacial score (nSPS) is 12.6. The molecule has 0 saturated carbocycles. The van der Waals surface area contributed by atoms with Crippen LogP contribution in [-0.2, 0) is 7.05 Å². The highest BCUT2D eigenvalue weighted by Gasteiger charge is 2.19. The number of benzene rings is 1. The minimum Gasteiger partial charge on any atom is -0.380 e. The molecule has 0 aliphatic rings. The summed E-state index contributed by atoms with van der Waals surface area (Å²) in [5, 5.41) is 19.2. The van der Waals surface area contributed by atoms with Gasteiger partial charge in [0, 0.05) is 13.2 Å². The van der Waals surface area contributed by atoms with Crippen molar-refractivity contribution in [3.05, 3.63) is 65.7 Å². The largest absolute Gasteiger partial charge is 0.380 e. The lowest BCUT2D eigenvalue weighted by Gasteiger charge is -2.13. The number of rotatable bonds is 3. The summed E-state index contributed by atoms with van der Waals surface area (Å²) in [5.74, 6) is 0. The average Bonchev–Trinajstić information content (AvgIpc) is 3.05. The first-order valence-electron chi connectivity index (χ1n) is 6.45. The van der Waals surface area contributed by atoms with Crippen LogP contribution in [-0.4, -0.2) is 24.7 Å². The number of hydrogen-bond acceptors (Lipinski definition) is 3. The van der Waals surface area contributed by atoms with Gasteiger partial charge < -0.3 is 5.11 Å². The molecule has 1 unspecified atom stereocenters. The molecule has 0 saturated heterocycles. The molecule has 3 aromatic rings. The molecule has 1 atom stereocenters. The van der Waals surface area contributed by atoms with Crippen LogP contribution in [0, 0.1) is 6.92 Å². The van der Waals surface area contributed by atoms with E-state index in [1.54, 1.807) is 15.6 Å². The van der Waals surface area contributed by atoms with E-state index in [9.17, 15) is 5.11 Å². The van der Waals surface area contributed by atoms with Gasteiger partial charge in [-0.25, -0.2) is 4.68 Å². The molecule has 5 heteroatoms. The Hall–Kier alpha value is -2.40. The third-order valence-corrected chi connectivity index (χ3v) is 3.27. The Morgan fingerprint density at radius 2 is 1.85 bits per heavy atom. The van der Waals surface area contributed by atoms with E-state index in [4.69, 9.17) is 0 Å². The second-order valence-corrected chi connectivity index (χ2v) is 4.74. The van der Waals surface area contributed by atoms with Crippen LogP contribution in [0.3, 0.4) is 0 Å². The van der Waals surface area contributed by atoms with Gasteiger partial charge in [0.1, 0.15) is 6.10 Å². The Labute approximate surface area is 117 Å². The van der Waals surface area contributed by atoms with Gasteiger partial charge in [-0.15, -0.1) is 0 Å². The van der Waals surface area contributed by atoms with Crippen molar-refractivity contribution < 1.29 is 5.11 Å². The highest BCUT2D eigenvalue weighted by atomic mass is 16.3. The van der Waals surface area contributed by atoms with E-state index in [0.29, 0.717) is 0 Å². The summed E-state index contributed by atoms with van der Waals surface area (Å²) < 4.78 is 3.44. The first-order chi connectivity index (χ1) is 9.66. The maximum absolute atomic E-state index is 10.6. The predicted molar refractivity (Wildman–Crippen MR) is 75.6 cm³/mol. The monoisotopic (exact) mass is 268 g/mol. The third-order valence-electron chi connectivity index (χ3n) is 3.27. The van der Waals surface area contributed by atoms with Crippen molar-refractivity contribution in [2.45, 2.75) is 13.0 Å². The molecule has 20 heavy (non-hydrogen) atoms. The van der Waals surface area contributed by atoms with Gasteiger partial charge in [-0.1, -0.05) is 18.2 Å². The summed E-state index contributed by atoms with van der Waals surface area (Å²) in [5.41, 5.74) is 3.28. The lowest BCUT2D eigenvalue weighted by atomic mass is 10.1. The van der Waals surface area contributed by atoms with E-state index in [0.717, 1.165) is 22.8 Å². The van der Waals surface area contributed by atoms with Crippen LogP contribution in [0.1, 0.15) is 23.2 Å². The zero-order chi connectivity index (χ0) is 14.1. The first kappa shape index (κ1) is 12.6. The van der Waals surface area contributed by atoms with Gasteiger partial charge >= 0.3 is 0 Å². The second kappa shape index (κ2) is 4.94. The predicted octanol–water partition coefficient (Wildman–Crippen LogP) is 2.00. The van der Waals surface area contributed by atoms with Gasteiger partial charge in [0.2, 0.25) is 0 Å². The van der Waals surface area contributed by atoms with E-state index in [1.807, 2.05) is 56.4 Å². The molecular weight excluding hydrogens is 252 g/mol. The fourth-order valence-electron chi connectivity index (χ4n) is 2.34. The molecule has 0 amide bonds. The van der Waals surface area contributed by atoms with Crippen LogP contribution in [0.2, 0.25) is 0 Å².